The Balaban J connectivity index is 1.39. The molecule has 118 valence electrons. The van der Waals surface area contributed by atoms with Gasteiger partial charge in [-0.15, -0.1) is 0 Å². The number of aliphatic imine (C=N–C) groups is 1. The first-order valence-corrected chi connectivity index (χ1v) is 8.24. The maximum Gasteiger partial charge on any atom is 0.234 e. The minimum atomic E-state index is 0.183. The molecular weight excluding hydrogens is 266 g/mol. The quantitative estimate of drug-likeness (QED) is 0.566. The highest BCUT2D eigenvalue weighted by atomic mass is 16.2. The molecule has 1 aliphatic heterocycles. The summed E-state index contributed by atoms with van der Waals surface area (Å²) in [6.45, 7) is 4.30. The van der Waals surface area contributed by atoms with Crippen LogP contribution in [0.4, 0.5) is 0 Å². The lowest BCUT2D eigenvalue weighted by molar-refractivity contribution is -0.122. The number of piperazine rings is 1. The Hall–Kier alpha value is -1.30. The van der Waals surface area contributed by atoms with Crippen molar-refractivity contribution in [3.8, 4) is 0 Å². The van der Waals surface area contributed by atoms with Crippen molar-refractivity contribution in [2.75, 3.05) is 39.8 Å². The number of hydrogen-bond acceptors (Lipinski definition) is 3. The average molecular weight is 293 g/mol. The van der Waals surface area contributed by atoms with Gasteiger partial charge in [0.25, 0.3) is 0 Å². The van der Waals surface area contributed by atoms with Gasteiger partial charge in [-0.3, -0.25) is 14.7 Å². The van der Waals surface area contributed by atoms with E-state index in [-0.39, 0.29) is 5.91 Å². The molecule has 0 atom stereocenters. The molecule has 0 unspecified atom stereocenters. The van der Waals surface area contributed by atoms with Crippen LogP contribution in [-0.4, -0.2) is 73.5 Å². The van der Waals surface area contributed by atoms with Crippen molar-refractivity contribution in [1.82, 2.24) is 20.4 Å². The van der Waals surface area contributed by atoms with E-state index in [4.69, 9.17) is 0 Å². The van der Waals surface area contributed by atoms with Gasteiger partial charge in [-0.2, -0.15) is 0 Å². The first-order valence-electron chi connectivity index (χ1n) is 8.24. The molecule has 0 radical (unpaired) electrons. The summed E-state index contributed by atoms with van der Waals surface area (Å²) in [6.07, 6.45) is 6.17. The number of carbonyl (C=O) groups is 1. The van der Waals surface area contributed by atoms with Gasteiger partial charge in [-0.1, -0.05) is 0 Å². The smallest absolute Gasteiger partial charge is 0.234 e. The normalized spacial score (nSPS) is 24.6. The maximum atomic E-state index is 11.8. The van der Waals surface area contributed by atoms with Crippen LogP contribution in [0.15, 0.2) is 4.99 Å². The summed E-state index contributed by atoms with van der Waals surface area (Å²) in [7, 11) is 1.86. The molecule has 2 N–H and O–H groups in total. The van der Waals surface area contributed by atoms with Gasteiger partial charge in [0.2, 0.25) is 5.91 Å². The van der Waals surface area contributed by atoms with Crippen LogP contribution in [-0.2, 0) is 4.79 Å². The minimum Gasteiger partial charge on any atom is -0.354 e. The van der Waals surface area contributed by atoms with Crippen molar-refractivity contribution in [3.05, 3.63) is 0 Å². The number of rotatable bonds is 4. The number of guanidine groups is 1. The Kier molecular flexibility index (Phi) is 4.63. The first kappa shape index (κ1) is 14.6. The highest BCUT2D eigenvalue weighted by molar-refractivity contribution is 5.80. The molecule has 6 nitrogen and oxygen atoms in total. The molecular formula is C15H27N5O. The molecule has 0 aromatic heterocycles. The van der Waals surface area contributed by atoms with Gasteiger partial charge in [0.15, 0.2) is 5.96 Å². The van der Waals surface area contributed by atoms with Gasteiger partial charge in [-0.25, -0.2) is 0 Å². The van der Waals surface area contributed by atoms with Crippen molar-refractivity contribution < 1.29 is 4.79 Å². The Labute approximate surface area is 127 Å². The second-order valence-electron chi connectivity index (χ2n) is 6.42. The van der Waals surface area contributed by atoms with E-state index in [1.54, 1.807) is 0 Å². The Bertz CT molecular complexity index is 395. The van der Waals surface area contributed by atoms with Crippen LogP contribution in [0.25, 0.3) is 0 Å². The number of nitrogens with zero attached hydrogens (tertiary/aromatic N) is 3. The highest BCUT2D eigenvalue weighted by Gasteiger charge is 2.27. The van der Waals surface area contributed by atoms with Crippen LogP contribution >= 0.6 is 0 Å². The van der Waals surface area contributed by atoms with E-state index in [0.717, 1.165) is 45.0 Å². The summed E-state index contributed by atoms with van der Waals surface area (Å²) in [4.78, 5) is 20.8. The highest BCUT2D eigenvalue weighted by Crippen LogP contribution is 2.19. The Morgan fingerprint density at radius 3 is 2.24 bits per heavy atom. The predicted molar refractivity (Wildman–Crippen MR) is 83.3 cm³/mol. The molecule has 0 spiro atoms. The summed E-state index contributed by atoms with van der Waals surface area (Å²) < 4.78 is 0. The van der Waals surface area contributed by atoms with Crippen LogP contribution in [0.2, 0.25) is 0 Å². The van der Waals surface area contributed by atoms with Crippen LogP contribution in [0.5, 0.6) is 0 Å². The topological polar surface area (TPSA) is 60.0 Å². The van der Waals surface area contributed by atoms with E-state index < -0.39 is 0 Å². The molecule has 3 aliphatic rings. The van der Waals surface area contributed by atoms with E-state index in [1.807, 2.05) is 7.05 Å². The van der Waals surface area contributed by atoms with Gasteiger partial charge < -0.3 is 15.5 Å². The average Bonchev–Trinajstić information content (AvgIpc) is 3.23. The molecule has 2 saturated carbocycles. The van der Waals surface area contributed by atoms with Gasteiger partial charge >= 0.3 is 0 Å². The number of carbonyl (C=O) groups excluding carboxylic acids is 1. The zero-order chi connectivity index (χ0) is 14.7. The summed E-state index contributed by atoms with van der Waals surface area (Å²) in [5.41, 5.74) is 0. The van der Waals surface area contributed by atoms with Gasteiger partial charge in [0.05, 0.1) is 6.54 Å². The fourth-order valence-corrected chi connectivity index (χ4v) is 2.85. The van der Waals surface area contributed by atoms with E-state index >= 15 is 0 Å². The molecule has 2 aliphatic carbocycles. The van der Waals surface area contributed by atoms with Crippen molar-refractivity contribution >= 4 is 11.9 Å². The molecule has 3 rings (SSSR count). The van der Waals surface area contributed by atoms with Crippen molar-refractivity contribution in [2.45, 2.75) is 44.2 Å². The molecule has 1 heterocycles. The van der Waals surface area contributed by atoms with Crippen molar-refractivity contribution in [2.24, 2.45) is 4.99 Å². The van der Waals surface area contributed by atoms with E-state index in [1.165, 1.54) is 19.3 Å². The maximum absolute atomic E-state index is 11.8. The minimum absolute atomic E-state index is 0.183. The molecule has 6 heteroatoms. The SMILES string of the molecule is CN=C(NC1CCC1)N1CCN(CC(=O)NC2CC2)CC1. The largest absolute Gasteiger partial charge is 0.354 e. The van der Waals surface area contributed by atoms with Gasteiger partial charge in [0.1, 0.15) is 0 Å². The lowest BCUT2D eigenvalue weighted by atomic mass is 9.93. The fraction of sp³-hybridized carbons (Fsp3) is 0.867. The standard InChI is InChI=1S/C15H27N5O/c1-16-15(18-12-3-2-4-12)20-9-7-19(8-10-20)11-14(21)17-13-5-6-13/h12-13H,2-11H2,1H3,(H,16,18)(H,17,21). The third-order valence-electron chi connectivity index (χ3n) is 4.63. The molecule has 0 bridgehead atoms. The lowest BCUT2D eigenvalue weighted by Crippen LogP contribution is -2.56. The molecule has 0 aromatic rings. The fourth-order valence-electron chi connectivity index (χ4n) is 2.85. The van der Waals surface area contributed by atoms with Gasteiger partial charge in [0, 0.05) is 45.3 Å². The Morgan fingerprint density at radius 2 is 1.71 bits per heavy atom. The predicted octanol–water partition coefficient (Wildman–Crippen LogP) is 0.0105. The summed E-state index contributed by atoms with van der Waals surface area (Å²) in [5, 5.41) is 6.60. The number of amides is 1. The molecule has 1 saturated heterocycles. The van der Waals surface area contributed by atoms with Crippen LogP contribution < -0.4 is 10.6 Å². The van der Waals surface area contributed by atoms with E-state index in [0.29, 0.717) is 18.6 Å². The van der Waals surface area contributed by atoms with Crippen LogP contribution in [0.1, 0.15) is 32.1 Å². The lowest BCUT2D eigenvalue weighted by Gasteiger charge is -2.38. The van der Waals surface area contributed by atoms with Crippen molar-refractivity contribution in [3.63, 3.8) is 0 Å². The summed E-state index contributed by atoms with van der Waals surface area (Å²) in [5.74, 6) is 1.21. The number of hydrogen-bond donors (Lipinski definition) is 2. The monoisotopic (exact) mass is 293 g/mol. The number of nitrogens with one attached hydrogen (secondary N) is 2. The van der Waals surface area contributed by atoms with Crippen LogP contribution in [0.3, 0.4) is 0 Å². The summed E-state index contributed by atoms with van der Waals surface area (Å²) >= 11 is 0. The van der Waals surface area contributed by atoms with Crippen molar-refractivity contribution in [1.29, 1.82) is 0 Å². The second-order valence-corrected chi connectivity index (χ2v) is 6.42. The Morgan fingerprint density at radius 1 is 1.05 bits per heavy atom. The first-order chi connectivity index (χ1) is 10.2. The zero-order valence-electron chi connectivity index (χ0n) is 13.0. The van der Waals surface area contributed by atoms with E-state index in [9.17, 15) is 4.79 Å². The summed E-state index contributed by atoms with van der Waals surface area (Å²) in [6, 6.07) is 1.08. The molecule has 1 amide bonds. The molecule has 3 fully saturated rings. The molecule has 0 aromatic carbocycles. The third-order valence-corrected chi connectivity index (χ3v) is 4.63. The van der Waals surface area contributed by atoms with Gasteiger partial charge in [-0.05, 0) is 32.1 Å². The third kappa shape index (κ3) is 4.09. The second kappa shape index (κ2) is 6.64. The van der Waals surface area contributed by atoms with Crippen LogP contribution in [0, 0.1) is 0 Å². The molecule has 21 heavy (non-hydrogen) atoms. The zero-order valence-corrected chi connectivity index (χ0v) is 13.0. The van der Waals surface area contributed by atoms with E-state index in [2.05, 4.69) is 25.4 Å².